The molecule has 0 aromatic rings. The fourth-order valence-electron chi connectivity index (χ4n) is 6.43. The van der Waals surface area contributed by atoms with E-state index < -0.39 is 32.5 Å². The third kappa shape index (κ3) is 58.0. The molecule has 0 saturated carbocycles. The standard InChI is InChI=1S/C65H98NO8P/c1-3-5-7-9-11-13-15-17-19-21-23-25-26-27-28-29-30-31-32-33-34-35-36-38-40-42-44-46-48-50-52-54-56-58-65(68)74-63(62-73-75(69,70)72-60-59-66)61-71-64(67)57-55-53-51-49-47-45-43-41-39-37-24-22-20-18-16-14-12-10-8-6-4-2/h5-8,11-14,17-20,23-25,27-28,30-31,33-34,36-38,41-44,47-50,63H,3-4,9-10,15-16,21-22,26,29,32,35,39-40,45-46,51-62,66H2,1-2H3,(H,69,70)/b7-5-,8-6-,13-11-,14-12-,19-17-,20-18-,25-23-,28-27-,31-30-,34-33-,37-24-,38-36-,43-41-,44-42-,49-47-,50-48-. The summed E-state index contributed by atoms with van der Waals surface area (Å²) in [5.74, 6) is -0.952. The normalized spacial score (nSPS) is 14.6. The highest BCUT2D eigenvalue weighted by atomic mass is 31.2. The number of ether oxygens (including phenoxy) is 2. The molecule has 0 aliphatic rings. The van der Waals surface area contributed by atoms with Gasteiger partial charge in [0.2, 0.25) is 0 Å². The molecule has 9 nitrogen and oxygen atoms in total. The fourth-order valence-corrected chi connectivity index (χ4v) is 7.19. The van der Waals surface area contributed by atoms with Gasteiger partial charge in [0, 0.05) is 19.4 Å². The smallest absolute Gasteiger partial charge is 0.462 e. The first-order chi connectivity index (χ1) is 36.8. The lowest BCUT2D eigenvalue weighted by Gasteiger charge is -2.19. The molecule has 0 aromatic carbocycles. The van der Waals surface area contributed by atoms with Crippen molar-refractivity contribution in [3.8, 4) is 0 Å². The molecule has 0 rings (SSSR count). The first-order valence-electron chi connectivity index (χ1n) is 27.9. The van der Waals surface area contributed by atoms with Crippen LogP contribution < -0.4 is 5.73 Å². The molecular formula is C65H98NO8P. The van der Waals surface area contributed by atoms with Gasteiger partial charge in [-0.1, -0.05) is 208 Å². The van der Waals surface area contributed by atoms with Gasteiger partial charge in [-0.25, -0.2) is 4.57 Å². The second-order valence-corrected chi connectivity index (χ2v) is 18.8. The van der Waals surface area contributed by atoms with Crippen LogP contribution in [0, 0.1) is 0 Å². The Hall–Kier alpha value is -5.15. The number of carbonyl (C=O) groups is 2. The maximum absolute atomic E-state index is 12.7. The third-order valence-corrected chi connectivity index (χ3v) is 11.5. The van der Waals surface area contributed by atoms with Gasteiger partial charge >= 0.3 is 19.8 Å². The van der Waals surface area contributed by atoms with E-state index in [9.17, 15) is 19.0 Å². The van der Waals surface area contributed by atoms with Gasteiger partial charge in [-0.2, -0.15) is 0 Å². The lowest BCUT2D eigenvalue weighted by Crippen LogP contribution is -2.29. The summed E-state index contributed by atoms with van der Waals surface area (Å²) in [5, 5.41) is 0. The van der Waals surface area contributed by atoms with E-state index in [1.165, 1.54) is 0 Å². The fraction of sp³-hybridized carbons (Fsp3) is 0.477. The van der Waals surface area contributed by atoms with E-state index in [2.05, 4.69) is 208 Å². The molecular weight excluding hydrogens is 954 g/mol. The molecule has 2 unspecified atom stereocenters. The van der Waals surface area contributed by atoms with Crippen LogP contribution in [-0.2, 0) is 32.7 Å². The molecule has 0 saturated heterocycles. The molecule has 75 heavy (non-hydrogen) atoms. The van der Waals surface area contributed by atoms with Gasteiger partial charge in [0.1, 0.15) is 6.61 Å². The number of phosphoric acid groups is 1. The van der Waals surface area contributed by atoms with Crippen LogP contribution in [0.5, 0.6) is 0 Å². The number of allylic oxidation sites excluding steroid dienone is 32. The van der Waals surface area contributed by atoms with E-state index in [1.807, 2.05) is 0 Å². The summed E-state index contributed by atoms with van der Waals surface area (Å²) >= 11 is 0. The third-order valence-electron chi connectivity index (χ3n) is 10.5. The van der Waals surface area contributed by atoms with Gasteiger partial charge in [0.25, 0.3) is 0 Å². The van der Waals surface area contributed by atoms with E-state index in [0.717, 1.165) is 128 Å². The predicted octanol–water partition coefficient (Wildman–Crippen LogP) is 17.8. The Balaban J connectivity index is 4.24. The molecule has 10 heteroatoms. The molecule has 0 aliphatic heterocycles. The molecule has 0 bridgehead atoms. The van der Waals surface area contributed by atoms with Crippen LogP contribution in [-0.4, -0.2) is 49.3 Å². The monoisotopic (exact) mass is 1050 g/mol. The molecule has 3 N–H and O–H groups in total. The Bertz CT molecular complexity index is 1920. The van der Waals surface area contributed by atoms with E-state index in [4.69, 9.17) is 24.3 Å². The zero-order valence-electron chi connectivity index (χ0n) is 46.2. The summed E-state index contributed by atoms with van der Waals surface area (Å²) in [6.45, 7) is 3.37. The minimum atomic E-state index is -4.43. The highest BCUT2D eigenvalue weighted by Crippen LogP contribution is 2.43. The van der Waals surface area contributed by atoms with Crippen LogP contribution in [0.2, 0.25) is 0 Å². The van der Waals surface area contributed by atoms with E-state index in [0.29, 0.717) is 12.8 Å². The summed E-state index contributed by atoms with van der Waals surface area (Å²) < 4.78 is 32.9. The lowest BCUT2D eigenvalue weighted by molar-refractivity contribution is -0.161. The van der Waals surface area contributed by atoms with Gasteiger partial charge in [-0.05, 0) is 141 Å². The first kappa shape index (κ1) is 69.8. The van der Waals surface area contributed by atoms with Crippen LogP contribution in [0.4, 0.5) is 0 Å². The summed E-state index contributed by atoms with van der Waals surface area (Å²) in [4.78, 5) is 35.1. The topological polar surface area (TPSA) is 134 Å². The number of rotatable bonds is 49. The largest absolute Gasteiger partial charge is 0.472 e. The van der Waals surface area contributed by atoms with E-state index in [-0.39, 0.29) is 32.6 Å². The maximum atomic E-state index is 12.7. The highest BCUT2D eigenvalue weighted by Gasteiger charge is 2.26. The maximum Gasteiger partial charge on any atom is 0.472 e. The van der Waals surface area contributed by atoms with Crippen molar-refractivity contribution in [2.45, 2.75) is 174 Å². The van der Waals surface area contributed by atoms with Gasteiger partial charge in [-0.3, -0.25) is 18.6 Å². The number of nitrogens with two attached hydrogens (primary N) is 1. The van der Waals surface area contributed by atoms with Crippen molar-refractivity contribution in [1.82, 2.24) is 0 Å². The molecule has 2 atom stereocenters. The van der Waals surface area contributed by atoms with Gasteiger partial charge < -0.3 is 20.1 Å². The van der Waals surface area contributed by atoms with E-state index >= 15 is 0 Å². The molecule has 0 heterocycles. The molecule has 416 valence electrons. The predicted molar refractivity (Wildman–Crippen MR) is 320 cm³/mol. The number of esters is 2. The van der Waals surface area contributed by atoms with Crippen LogP contribution in [0.15, 0.2) is 194 Å². The quantitative estimate of drug-likeness (QED) is 0.0264. The SMILES string of the molecule is CC/C=C\C/C=C\C/C=C\C/C=C\C/C=C\C/C=C\C/C=C\C/C=C\C/C=C\C/C=C\CCCCC(=O)OC(COC(=O)CCCC/C=C\C/C=C\C/C=C\C/C=C\C/C=C\C/C=C\CC)COP(=O)(O)OCCN. The van der Waals surface area contributed by atoms with Gasteiger partial charge in [0.05, 0.1) is 13.2 Å². The Morgan fingerprint density at radius 2 is 0.680 bits per heavy atom. The second-order valence-electron chi connectivity index (χ2n) is 17.3. The van der Waals surface area contributed by atoms with E-state index in [1.54, 1.807) is 0 Å². The van der Waals surface area contributed by atoms with Crippen molar-refractivity contribution in [2.24, 2.45) is 5.73 Å². The summed E-state index contributed by atoms with van der Waals surface area (Å²) in [6, 6.07) is 0. The minimum Gasteiger partial charge on any atom is -0.462 e. The molecule has 0 amide bonds. The Kier molecular flexibility index (Phi) is 54.1. The number of hydrogen-bond donors (Lipinski definition) is 2. The highest BCUT2D eigenvalue weighted by molar-refractivity contribution is 7.47. The Morgan fingerprint density at radius 1 is 0.400 bits per heavy atom. The molecule has 0 spiro atoms. The van der Waals surface area contributed by atoms with Crippen molar-refractivity contribution >= 4 is 19.8 Å². The van der Waals surface area contributed by atoms with Crippen LogP contribution in [0.1, 0.15) is 168 Å². The zero-order valence-corrected chi connectivity index (χ0v) is 47.1. The van der Waals surface area contributed by atoms with Crippen LogP contribution in [0.25, 0.3) is 0 Å². The van der Waals surface area contributed by atoms with Crippen molar-refractivity contribution < 1.29 is 37.6 Å². The average molecular weight is 1050 g/mol. The Labute approximate surface area is 456 Å². The lowest BCUT2D eigenvalue weighted by atomic mass is 10.1. The van der Waals surface area contributed by atoms with Crippen LogP contribution in [0.3, 0.4) is 0 Å². The Morgan fingerprint density at radius 3 is 0.973 bits per heavy atom. The van der Waals surface area contributed by atoms with Crippen molar-refractivity contribution in [1.29, 1.82) is 0 Å². The van der Waals surface area contributed by atoms with Crippen molar-refractivity contribution in [2.75, 3.05) is 26.4 Å². The summed E-state index contributed by atoms with van der Waals surface area (Å²) in [7, 11) is -4.43. The molecule has 0 aliphatic carbocycles. The minimum absolute atomic E-state index is 0.0276. The zero-order chi connectivity index (χ0) is 54.5. The molecule has 0 fully saturated rings. The van der Waals surface area contributed by atoms with Gasteiger partial charge in [-0.15, -0.1) is 0 Å². The number of phosphoric ester groups is 1. The first-order valence-corrected chi connectivity index (χ1v) is 29.4. The second kappa shape index (κ2) is 58.1. The molecule has 0 radical (unpaired) electrons. The number of hydrogen-bond acceptors (Lipinski definition) is 8. The average Bonchev–Trinajstić information content (AvgIpc) is 3.40. The number of carbonyl (C=O) groups excluding carboxylic acids is 2. The number of unbranched alkanes of at least 4 members (excludes halogenated alkanes) is 4. The van der Waals surface area contributed by atoms with Crippen LogP contribution >= 0.6 is 7.82 Å². The van der Waals surface area contributed by atoms with Crippen molar-refractivity contribution in [3.63, 3.8) is 0 Å². The summed E-state index contributed by atoms with van der Waals surface area (Å²) in [5.41, 5.74) is 5.37. The van der Waals surface area contributed by atoms with Crippen molar-refractivity contribution in [3.05, 3.63) is 194 Å². The molecule has 0 aromatic heterocycles. The van der Waals surface area contributed by atoms with Gasteiger partial charge in [0.15, 0.2) is 6.10 Å². The summed E-state index contributed by atoms with van der Waals surface area (Å²) in [6.07, 6.45) is 89.1.